The average Bonchev–Trinajstić information content (AvgIpc) is 2.98. The van der Waals surface area contributed by atoms with E-state index in [2.05, 4.69) is 5.32 Å². The molecule has 2 aliphatic rings. The van der Waals surface area contributed by atoms with E-state index in [1.165, 1.54) is 31.2 Å². The number of morpholine rings is 1. The summed E-state index contributed by atoms with van der Waals surface area (Å²) in [7, 11) is 0. The van der Waals surface area contributed by atoms with Crippen molar-refractivity contribution >= 4 is 34.7 Å². The summed E-state index contributed by atoms with van der Waals surface area (Å²) in [5, 5.41) is 2.66. The van der Waals surface area contributed by atoms with Gasteiger partial charge in [-0.05, 0) is 55.8 Å². The van der Waals surface area contributed by atoms with E-state index >= 15 is 0 Å². The van der Waals surface area contributed by atoms with Crippen molar-refractivity contribution in [2.45, 2.75) is 33.0 Å². The van der Waals surface area contributed by atoms with E-state index in [0.29, 0.717) is 30.0 Å². The van der Waals surface area contributed by atoms with E-state index in [9.17, 15) is 18.8 Å². The fraction of sp³-hybridized carbons (Fsp3) is 0.292. The minimum absolute atomic E-state index is 0.116. The van der Waals surface area contributed by atoms with Gasteiger partial charge in [-0.15, -0.1) is 0 Å². The molecule has 3 amide bonds. The van der Waals surface area contributed by atoms with Gasteiger partial charge < -0.3 is 15.0 Å². The molecule has 0 saturated carbocycles. The number of carbonyl (C=O) groups is 3. The first-order chi connectivity index (χ1) is 15.2. The molecule has 2 heterocycles. The fourth-order valence-electron chi connectivity index (χ4n) is 4.18. The van der Waals surface area contributed by atoms with Gasteiger partial charge >= 0.3 is 0 Å². The monoisotopic (exact) mass is 437 g/mol. The lowest BCUT2D eigenvalue weighted by Crippen LogP contribution is -2.47. The highest BCUT2D eigenvalue weighted by atomic mass is 19.1. The van der Waals surface area contributed by atoms with Crippen molar-refractivity contribution in [3.8, 4) is 0 Å². The largest absolute Gasteiger partial charge is 0.372 e. The van der Waals surface area contributed by atoms with Gasteiger partial charge in [0.2, 0.25) is 5.91 Å². The van der Waals surface area contributed by atoms with E-state index in [0.717, 1.165) is 4.90 Å². The third-order valence-electron chi connectivity index (χ3n) is 5.37. The standard InChI is InChI=1S/C24H24FN3O4/c1-14-12-27(13-15(2)32-14)22-21(17-4-6-18(25)7-5-17)23(30)28(24(22)31)20-10-8-19(9-11-20)26-16(3)29/h4-11,14-15H,12-13H2,1-3H3,(H,26,29). The van der Waals surface area contributed by atoms with Gasteiger partial charge in [0.05, 0.1) is 23.5 Å². The van der Waals surface area contributed by atoms with Crippen molar-refractivity contribution in [2.24, 2.45) is 0 Å². The number of benzene rings is 2. The molecule has 4 rings (SSSR count). The number of nitrogens with one attached hydrogen (secondary N) is 1. The lowest BCUT2D eigenvalue weighted by Gasteiger charge is -2.37. The molecule has 166 valence electrons. The molecule has 1 saturated heterocycles. The van der Waals surface area contributed by atoms with Gasteiger partial charge in [0.15, 0.2) is 0 Å². The van der Waals surface area contributed by atoms with E-state index < -0.39 is 17.6 Å². The molecule has 8 heteroatoms. The van der Waals surface area contributed by atoms with Crippen molar-refractivity contribution in [2.75, 3.05) is 23.3 Å². The van der Waals surface area contributed by atoms with Crippen molar-refractivity contribution in [3.63, 3.8) is 0 Å². The van der Waals surface area contributed by atoms with Crippen LogP contribution >= 0.6 is 0 Å². The van der Waals surface area contributed by atoms with Crippen LogP contribution in [0.1, 0.15) is 26.3 Å². The molecule has 1 fully saturated rings. The molecule has 32 heavy (non-hydrogen) atoms. The number of amides is 3. The molecule has 2 aliphatic heterocycles. The molecule has 0 radical (unpaired) electrons. The summed E-state index contributed by atoms with van der Waals surface area (Å²) in [6, 6.07) is 12.0. The van der Waals surface area contributed by atoms with Crippen molar-refractivity contribution in [1.29, 1.82) is 0 Å². The number of carbonyl (C=O) groups excluding carboxylic acids is 3. The molecule has 2 aromatic rings. The van der Waals surface area contributed by atoms with Gasteiger partial charge in [-0.1, -0.05) is 12.1 Å². The number of ether oxygens (including phenoxy) is 1. The Morgan fingerprint density at radius 2 is 1.56 bits per heavy atom. The lowest BCUT2D eigenvalue weighted by molar-refractivity contribution is -0.121. The van der Waals surface area contributed by atoms with Gasteiger partial charge in [-0.2, -0.15) is 0 Å². The van der Waals surface area contributed by atoms with Crippen LogP contribution in [-0.2, 0) is 19.1 Å². The quantitative estimate of drug-likeness (QED) is 0.744. The zero-order chi connectivity index (χ0) is 23.0. The molecule has 2 aromatic carbocycles. The number of anilines is 2. The van der Waals surface area contributed by atoms with Gasteiger partial charge in [0.1, 0.15) is 11.5 Å². The second-order valence-corrected chi connectivity index (χ2v) is 8.07. The predicted molar refractivity (Wildman–Crippen MR) is 118 cm³/mol. The summed E-state index contributed by atoms with van der Waals surface area (Å²) in [5.74, 6) is -1.56. The molecule has 1 N–H and O–H groups in total. The summed E-state index contributed by atoms with van der Waals surface area (Å²) in [5.41, 5.74) is 1.95. The predicted octanol–water partition coefficient (Wildman–Crippen LogP) is 3.18. The molecule has 0 spiro atoms. The Labute approximate surface area is 185 Å². The molecule has 2 atom stereocenters. The second kappa shape index (κ2) is 8.55. The highest BCUT2D eigenvalue weighted by Crippen LogP contribution is 2.36. The zero-order valence-electron chi connectivity index (χ0n) is 18.1. The Morgan fingerprint density at radius 1 is 0.969 bits per heavy atom. The second-order valence-electron chi connectivity index (χ2n) is 8.07. The Balaban J connectivity index is 1.76. The van der Waals surface area contributed by atoms with Crippen LogP contribution in [0.4, 0.5) is 15.8 Å². The molecule has 7 nitrogen and oxygen atoms in total. The molecule has 0 bridgehead atoms. The summed E-state index contributed by atoms with van der Waals surface area (Å²) in [6.07, 6.45) is -0.232. The highest BCUT2D eigenvalue weighted by Gasteiger charge is 2.43. The number of halogens is 1. The molecule has 0 aliphatic carbocycles. The van der Waals surface area contributed by atoms with Gasteiger partial charge in [-0.3, -0.25) is 14.4 Å². The van der Waals surface area contributed by atoms with Crippen LogP contribution in [0.5, 0.6) is 0 Å². The van der Waals surface area contributed by atoms with E-state index in [1.807, 2.05) is 18.7 Å². The van der Waals surface area contributed by atoms with Crippen LogP contribution in [0.2, 0.25) is 0 Å². The minimum Gasteiger partial charge on any atom is -0.372 e. The third kappa shape index (κ3) is 4.13. The number of hydrogen-bond acceptors (Lipinski definition) is 5. The Morgan fingerprint density at radius 3 is 2.12 bits per heavy atom. The van der Waals surface area contributed by atoms with Crippen molar-refractivity contribution in [3.05, 3.63) is 65.6 Å². The maximum absolute atomic E-state index is 13.6. The first kappa shape index (κ1) is 21.7. The van der Waals surface area contributed by atoms with Crippen LogP contribution in [0, 0.1) is 5.82 Å². The summed E-state index contributed by atoms with van der Waals surface area (Å²) >= 11 is 0. The topological polar surface area (TPSA) is 79.0 Å². The Bertz CT molecular complexity index is 1090. The van der Waals surface area contributed by atoms with Crippen LogP contribution in [-0.4, -0.2) is 47.9 Å². The zero-order valence-corrected chi connectivity index (χ0v) is 18.1. The van der Waals surface area contributed by atoms with Crippen LogP contribution in [0.15, 0.2) is 54.2 Å². The van der Waals surface area contributed by atoms with Gasteiger partial charge in [-0.25, -0.2) is 9.29 Å². The maximum Gasteiger partial charge on any atom is 0.282 e. The van der Waals surface area contributed by atoms with E-state index in [-0.39, 0.29) is 29.4 Å². The Kier molecular flexibility index (Phi) is 5.80. The van der Waals surface area contributed by atoms with Gasteiger partial charge in [0, 0.05) is 25.7 Å². The fourth-order valence-corrected chi connectivity index (χ4v) is 4.18. The number of nitrogens with zero attached hydrogens (tertiary/aromatic N) is 2. The first-order valence-corrected chi connectivity index (χ1v) is 10.4. The number of hydrogen-bond donors (Lipinski definition) is 1. The van der Waals surface area contributed by atoms with Crippen molar-refractivity contribution in [1.82, 2.24) is 4.90 Å². The van der Waals surface area contributed by atoms with Crippen LogP contribution in [0.25, 0.3) is 5.57 Å². The highest BCUT2D eigenvalue weighted by molar-refractivity contribution is 6.45. The number of rotatable bonds is 4. The van der Waals surface area contributed by atoms with Gasteiger partial charge in [0.25, 0.3) is 11.8 Å². The normalized spacial score (nSPS) is 21.4. The third-order valence-corrected chi connectivity index (χ3v) is 5.37. The smallest absolute Gasteiger partial charge is 0.282 e. The minimum atomic E-state index is -0.476. The van der Waals surface area contributed by atoms with E-state index in [4.69, 9.17) is 4.74 Å². The number of imide groups is 1. The van der Waals surface area contributed by atoms with Crippen molar-refractivity contribution < 1.29 is 23.5 Å². The molecule has 0 aromatic heterocycles. The SMILES string of the molecule is CC(=O)Nc1ccc(N2C(=O)C(c3ccc(F)cc3)=C(N3CC(C)OC(C)C3)C2=O)cc1. The molecular weight excluding hydrogens is 413 g/mol. The molecule has 2 unspecified atom stereocenters. The average molecular weight is 437 g/mol. The summed E-state index contributed by atoms with van der Waals surface area (Å²) in [6.45, 7) is 6.15. The first-order valence-electron chi connectivity index (χ1n) is 10.4. The Hall–Kier alpha value is -3.52. The van der Waals surface area contributed by atoms with E-state index in [1.54, 1.807) is 24.3 Å². The summed E-state index contributed by atoms with van der Waals surface area (Å²) < 4.78 is 19.3. The summed E-state index contributed by atoms with van der Waals surface area (Å²) in [4.78, 5) is 41.3. The van der Waals surface area contributed by atoms with Crippen LogP contribution < -0.4 is 10.2 Å². The van der Waals surface area contributed by atoms with Crippen LogP contribution in [0.3, 0.4) is 0 Å². The lowest BCUT2D eigenvalue weighted by atomic mass is 10.0. The maximum atomic E-state index is 13.6. The molecular formula is C24H24FN3O4.